The van der Waals surface area contributed by atoms with Crippen LogP contribution in [-0.2, 0) is 0 Å². The highest BCUT2D eigenvalue weighted by molar-refractivity contribution is 7.99. The lowest BCUT2D eigenvalue weighted by Crippen LogP contribution is -2.36. The Labute approximate surface area is 250 Å². The first-order valence-corrected chi connectivity index (χ1v) is 15.9. The predicted molar refractivity (Wildman–Crippen MR) is 163 cm³/mol. The van der Waals surface area contributed by atoms with Gasteiger partial charge in [0, 0.05) is 18.5 Å². The van der Waals surface area contributed by atoms with Gasteiger partial charge in [-0.25, -0.2) is 0 Å². The molecule has 3 nitrogen and oxygen atoms in total. The molecule has 2 aromatic carbocycles. The van der Waals surface area contributed by atoms with Crippen LogP contribution in [-0.4, -0.2) is 41.8 Å². The van der Waals surface area contributed by atoms with Crippen LogP contribution in [0.4, 0.5) is 22.0 Å². The number of hydrogen-bond donors (Lipinski definition) is 2. The monoisotopic (exact) mass is 611 g/mol. The summed E-state index contributed by atoms with van der Waals surface area (Å²) >= 11 is 1.46. The van der Waals surface area contributed by atoms with Crippen LogP contribution in [0.2, 0.25) is 0 Å². The van der Waals surface area contributed by atoms with E-state index in [1.807, 2.05) is 6.92 Å². The summed E-state index contributed by atoms with van der Waals surface area (Å²) in [6.45, 7) is 3.81. The molecule has 1 aliphatic heterocycles. The number of hydrogen-bond acceptors (Lipinski definition) is 4. The number of phenols is 1. The molecule has 0 amide bonds. The number of alkyl halides is 5. The zero-order valence-corrected chi connectivity index (χ0v) is 25.0. The van der Waals surface area contributed by atoms with Gasteiger partial charge in [0.25, 0.3) is 0 Å². The number of phenolic OH excluding ortho intramolecular Hbond substituents is 1. The maximum absolute atomic E-state index is 12.8. The molecule has 0 aliphatic carbocycles. The van der Waals surface area contributed by atoms with E-state index in [0.29, 0.717) is 5.75 Å². The van der Waals surface area contributed by atoms with Crippen LogP contribution in [0.5, 0.6) is 11.5 Å². The molecule has 0 bridgehead atoms. The van der Waals surface area contributed by atoms with Gasteiger partial charge in [-0.3, -0.25) is 0 Å². The number of thioether (sulfide) groups is 1. The van der Waals surface area contributed by atoms with E-state index in [9.17, 15) is 27.1 Å². The van der Waals surface area contributed by atoms with Crippen LogP contribution < -0.4 is 10.1 Å². The van der Waals surface area contributed by atoms with E-state index in [1.54, 1.807) is 18.2 Å². The number of benzene rings is 2. The van der Waals surface area contributed by atoms with Gasteiger partial charge in [-0.15, -0.1) is 0 Å². The Morgan fingerprint density at radius 2 is 1.55 bits per heavy atom. The highest BCUT2D eigenvalue weighted by atomic mass is 32.2. The second kappa shape index (κ2) is 16.9. The molecule has 0 saturated heterocycles. The number of rotatable bonds is 18. The summed E-state index contributed by atoms with van der Waals surface area (Å²) in [6, 6.07) is 13.5. The lowest BCUT2D eigenvalue weighted by molar-refractivity contribution is -0.284. The van der Waals surface area contributed by atoms with Gasteiger partial charge in [-0.2, -0.15) is 33.7 Å². The second-order valence-electron chi connectivity index (χ2n) is 10.7. The first-order valence-electron chi connectivity index (χ1n) is 14.7. The van der Waals surface area contributed by atoms with Crippen LogP contribution >= 0.6 is 11.8 Å². The number of aromatic hydroxyl groups is 1. The average molecular weight is 612 g/mol. The van der Waals surface area contributed by atoms with Crippen molar-refractivity contribution in [1.29, 1.82) is 0 Å². The van der Waals surface area contributed by atoms with E-state index >= 15 is 0 Å². The number of fused-ring (bicyclic) bond motifs is 1. The average Bonchev–Trinajstić information content (AvgIpc) is 2.94. The lowest BCUT2D eigenvalue weighted by atomic mass is 9.97. The van der Waals surface area contributed by atoms with Gasteiger partial charge in [0.15, 0.2) is 0 Å². The molecule has 1 unspecified atom stereocenters. The quantitative estimate of drug-likeness (QED) is 0.130. The molecule has 0 saturated carbocycles. The van der Waals surface area contributed by atoms with E-state index in [-0.39, 0.29) is 18.3 Å². The highest BCUT2D eigenvalue weighted by Crippen LogP contribution is 2.40. The highest BCUT2D eigenvalue weighted by Gasteiger charge is 2.56. The summed E-state index contributed by atoms with van der Waals surface area (Å²) in [5, 5.41) is 13.2. The standard InChI is InChI=1S/C33H42F5NO2S/c1-25-23-31(41-30-17-16-28(40)24-29(25)30)27-14-12-26(13-15-27)11-9-20-39-19-7-5-3-2-4-6-8-21-42-22-10-18-32(34,35)33(36,37)38/h9,11-17,23-24,31,39-40H,2-8,10,18-22H2,1H3/b11-9-. The van der Waals surface area contributed by atoms with Crippen LogP contribution in [0.1, 0.15) is 87.5 Å². The fourth-order valence-electron chi connectivity index (χ4n) is 4.74. The maximum Gasteiger partial charge on any atom is 0.453 e. The summed E-state index contributed by atoms with van der Waals surface area (Å²) in [4.78, 5) is 0. The molecule has 0 fully saturated rings. The van der Waals surface area contributed by atoms with Gasteiger partial charge in [0.1, 0.15) is 17.6 Å². The third-order valence-electron chi connectivity index (χ3n) is 7.22. The molecule has 3 rings (SSSR count). The molecule has 2 aromatic rings. The van der Waals surface area contributed by atoms with Crippen LogP contribution in [0, 0.1) is 0 Å². The van der Waals surface area contributed by atoms with E-state index in [4.69, 9.17) is 4.74 Å². The van der Waals surface area contributed by atoms with Crippen molar-refractivity contribution < 1.29 is 31.8 Å². The van der Waals surface area contributed by atoms with E-state index in [1.165, 1.54) is 24.6 Å². The van der Waals surface area contributed by atoms with Crippen molar-refractivity contribution in [3.05, 3.63) is 71.3 Å². The van der Waals surface area contributed by atoms with Gasteiger partial charge >= 0.3 is 12.1 Å². The van der Waals surface area contributed by atoms with Crippen molar-refractivity contribution in [2.75, 3.05) is 24.6 Å². The molecule has 2 N–H and O–H groups in total. The molecular weight excluding hydrogens is 569 g/mol. The largest absolute Gasteiger partial charge is 0.508 e. The van der Waals surface area contributed by atoms with Gasteiger partial charge in [-0.05, 0) is 85.2 Å². The van der Waals surface area contributed by atoms with E-state index < -0.39 is 18.5 Å². The third kappa shape index (κ3) is 11.3. The van der Waals surface area contributed by atoms with Gasteiger partial charge in [0.05, 0.1) is 0 Å². The first-order chi connectivity index (χ1) is 20.1. The summed E-state index contributed by atoms with van der Waals surface area (Å²) in [7, 11) is 0. The Bertz CT molecular complexity index is 1150. The van der Waals surface area contributed by atoms with Gasteiger partial charge in [-0.1, -0.05) is 68.5 Å². The predicted octanol–water partition coefficient (Wildman–Crippen LogP) is 9.97. The fourth-order valence-corrected chi connectivity index (χ4v) is 5.70. The summed E-state index contributed by atoms with van der Waals surface area (Å²) < 4.78 is 68.1. The number of nitrogens with one attached hydrogen (secondary N) is 1. The van der Waals surface area contributed by atoms with Crippen LogP contribution in [0.15, 0.2) is 54.6 Å². The van der Waals surface area contributed by atoms with Gasteiger partial charge < -0.3 is 15.2 Å². The Morgan fingerprint density at radius 1 is 0.881 bits per heavy atom. The number of allylic oxidation sites excluding steroid dienone is 1. The van der Waals surface area contributed by atoms with Gasteiger partial charge in [0.2, 0.25) is 0 Å². The number of unbranched alkanes of at least 4 members (excludes halogenated alkanes) is 6. The maximum atomic E-state index is 12.8. The Hall–Kier alpha value is -2.52. The van der Waals surface area contributed by atoms with Crippen LogP contribution in [0.25, 0.3) is 11.6 Å². The van der Waals surface area contributed by atoms with Crippen molar-refractivity contribution in [2.45, 2.75) is 82.9 Å². The fraction of sp³-hybridized carbons (Fsp3) is 0.515. The molecule has 0 radical (unpaired) electrons. The lowest BCUT2D eigenvalue weighted by Gasteiger charge is -2.24. The normalized spacial score (nSPS) is 15.5. The molecule has 0 spiro atoms. The molecule has 1 atom stereocenters. The molecule has 9 heteroatoms. The third-order valence-corrected chi connectivity index (χ3v) is 8.37. The number of halogens is 5. The molecule has 232 valence electrons. The molecular formula is C33H42F5NO2S. The SMILES string of the molecule is CC1=CC(c2ccc(/C=C\CNCCCCCCCCCSCCCC(F)(F)C(F)(F)F)cc2)Oc2ccc(O)cc21. The van der Waals surface area contributed by atoms with E-state index in [2.05, 4.69) is 47.8 Å². The minimum atomic E-state index is -5.44. The minimum Gasteiger partial charge on any atom is -0.508 e. The zero-order chi connectivity index (χ0) is 30.4. The van der Waals surface area contributed by atoms with Crippen LogP contribution in [0.3, 0.4) is 0 Å². The molecule has 1 aliphatic rings. The first kappa shape index (κ1) is 34.0. The Balaban J connectivity index is 1.16. The molecule has 1 heterocycles. The van der Waals surface area contributed by atoms with Crippen molar-refractivity contribution >= 4 is 23.4 Å². The molecule has 0 aromatic heterocycles. The Morgan fingerprint density at radius 3 is 2.26 bits per heavy atom. The summed E-state index contributed by atoms with van der Waals surface area (Å²) in [6.07, 6.45) is 7.27. The summed E-state index contributed by atoms with van der Waals surface area (Å²) in [5.74, 6) is -2.41. The van der Waals surface area contributed by atoms with Crippen molar-refractivity contribution in [2.24, 2.45) is 0 Å². The Kier molecular flexibility index (Phi) is 13.7. The smallest absolute Gasteiger partial charge is 0.453 e. The topological polar surface area (TPSA) is 41.5 Å². The zero-order valence-electron chi connectivity index (χ0n) is 24.2. The minimum absolute atomic E-state index is 0.119. The van der Waals surface area contributed by atoms with E-state index in [0.717, 1.165) is 79.0 Å². The summed E-state index contributed by atoms with van der Waals surface area (Å²) in [5.41, 5.74) is 4.21. The number of ether oxygens (including phenoxy) is 1. The van der Waals surface area contributed by atoms with Crippen molar-refractivity contribution in [3.63, 3.8) is 0 Å². The van der Waals surface area contributed by atoms with Crippen molar-refractivity contribution in [1.82, 2.24) is 5.32 Å². The second-order valence-corrected chi connectivity index (χ2v) is 12.0. The molecule has 42 heavy (non-hydrogen) atoms. The van der Waals surface area contributed by atoms with Crippen molar-refractivity contribution in [3.8, 4) is 11.5 Å².